The first-order chi connectivity index (χ1) is 17.1. The van der Waals surface area contributed by atoms with Crippen molar-refractivity contribution >= 4 is 33.4 Å². The summed E-state index contributed by atoms with van der Waals surface area (Å²) in [4.78, 5) is 14.3. The molecule has 0 spiro atoms. The molecule has 3 aromatic carbocycles. The van der Waals surface area contributed by atoms with E-state index in [1.165, 1.54) is 17.3 Å². The number of nitrogens with zero attached hydrogens (tertiary/aromatic N) is 1. The molecule has 0 fully saturated rings. The summed E-state index contributed by atoms with van der Waals surface area (Å²) in [6.07, 6.45) is 1.93. The minimum atomic E-state index is -4.05. The molecule has 3 rings (SSSR count). The summed E-state index contributed by atoms with van der Waals surface area (Å²) in [7, 11) is -4.05. The van der Waals surface area contributed by atoms with Crippen molar-refractivity contribution in [2.75, 3.05) is 23.7 Å². The van der Waals surface area contributed by atoms with Crippen LogP contribution in [-0.4, -0.2) is 33.7 Å². The SMILES string of the molecule is CCOc1ccccc1N(CC(=O)NC(C)c1cc(C)c(C)cc1C)S(=O)(=O)c1ccc(SC)cc1. The highest BCUT2D eigenvalue weighted by Crippen LogP contribution is 2.33. The van der Waals surface area contributed by atoms with Crippen LogP contribution in [0, 0.1) is 20.8 Å². The molecule has 192 valence electrons. The normalized spacial score (nSPS) is 12.2. The lowest BCUT2D eigenvalue weighted by Crippen LogP contribution is -2.41. The zero-order valence-electron chi connectivity index (χ0n) is 21.7. The molecule has 0 aliphatic rings. The molecule has 1 unspecified atom stereocenters. The van der Waals surface area contributed by atoms with Gasteiger partial charge >= 0.3 is 0 Å². The summed E-state index contributed by atoms with van der Waals surface area (Å²) >= 11 is 1.53. The number of sulfonamides is 1. The van der Waals surface area contributed by atoms with Gasteiger partial charge in [0.1, 0.15) is 12.3 Å². The second-order valence-corrected chi connectivity index (χ2v) is 11.4. The number of hydrogen-bond acceptors (Lipinski definition) is 5. The molecule has 0 bridgehead atoms. The number of carbonyl (C=O) groups excluding carboxylic acids is 1. The maximum absolute atomic E-state index is 13.8. The lowest BCUT2D eigenvalue weighted by atomic mass is 9.96. The van der Waals surface area contributed by atoms with E-state index in [1.807, 2.05) is 34.0 Å². The van der Waals surface area contributed by atoms with E-state index in [0.29, 0.717) is 18.0 Å². The van der Waals surface area contributed by atoms with Crippen LogP contribution in [-0.2, 0) is 14.8 Å². The number of nitrogens with one attached hydrogen (secondary N) is 1. The maximum Gasteiger partial charge on any atom is 0.264 e. The van der Waals surface area contributed by atoms with Gasteiger partial charge < -0.3 is 10.1 Å². The highest BCUT2D eigenvalue weighted by atomic mass is 32.2. The first-order valence-corrected chi connectivity index (χ1v) is 14.5. The van der Waals surface area contributed by atoms with Crippen LogP contribution in [0.4, 0.5) is 5.69 Å². The van der Waals surface area contributed by atoms with Gasteiger partial charge in [0.2, 0.25) is 5.91 Å². The lowest BCUT2D eigenvalue weighted by Gasteiger charge is -2.27. The summed E-state index contributed by atoms with van der Waals surface area (Å²) in [5, 5.41) is 2.99. The summed E-state index contributed by atoms with van der Waals surface area (Å²) < 4.78 is 34.4. The van der Waals surface area contributed by atoms with Crippen LogP contribution >= 0.6 is 11.8 Å². The van der Waals surface area contributed by atoms with Gasteiger partial charge in [-0.1, -0.05) is 24.3 Å². The minimum absolute atomic E-state index is 0.109. The minimum Gasteiger partial charge on any atom is -0.492 e. The number of carbonyl (C=O) groups is 1. The third kappa shape index (κ3) is 6.23. The Kier molecular flexibility index (Phi) is 9.08. The number of benzene rings is 3. The Morgan fingerprint density at radius 1 is 1.00 bits per heavy atom. The molecule has 3 aromatic rings. The fourth-order valence-electron chi connectivity index (χ4n) is 4.06. The predicted octanol–water partition coefficient (Wildman–Crippen LogP) is 5.81. The average molecular weight is 527 g/mol. The lowest BCUT2D eigenvalue weighted by molar-refractivity contribution is -0.120. The van der Waals surface area contributed by atoms with Crippen LogP contribution in [0.3, 0.4) is 0 Å². The largest absolute Gasteiger partial charge is 0.492 e. The van der Waals surface area contributed by atoms with E-state index < -0.39 is 15.9 Å². The van der Waals surface area contributed by atoms with E-state index >= 15 is 0 Å². The molecule has 1 N–H and O–H groups in total. The molecule has 0 aromatic heterocycles. The van der Waals surface area contributed by atoms with Gasteiger partial charge in [0.25, 0.3) is 10.0 Å². The Bertz CT molecular complexity index is 1320. The van der Waals surface area contributed by atoms with Crippen molar-refractivity contribution in [3.05, 3.63) is 82.9 Å². The van der Waals surface area contributed by atoms with E-state index in [1.54, 1.807) is 48.5 Å². The average Bonchev–Trinajstić information content (AvgIpc) is 2.85. The number of aryl methyl sites for hydroxylation is 3. The second kappa shape index (κ2) is 11.8. The second-order valence-electron chi connectivity index (χ2n) is 8.67. The Morgan fingerprint density at radius 2 is 1.64 bits per heavy atom. The topological polar surface area (TPSA) is 75.7 Å². The van der Waals surface area contributed by atoms with Crippen LogP contribution < -0.4 is 14.4 Å². The van der Waals surface area contributed by atoms with Gasteiger partial charge in [-0.25, -0.2) is 8.42 Å². The summed E-state index contributed by atoms with van der Waals surface area (Å²) in [5.41, 5.74) is 4.72. The third-order valence-corrected chi connectivity index (χ3v) is 8.61. The van der Waals surface area contributed by atoms with Gasteiger partial charge in [0, 0.05) is 4.90 Å². The van der Waals surface area contributed by atoms with Crippen molar-refractivity contribution in [2.45, 2.75) is 50.5 Å². The summed E-state index contributed by atoms with van der Waals surface area (Å²) in [5.74, 6) is -0.00843. The molecular formula is C28H34N2O4S2. The molecule has 36 heavy (non-hydrogen) atoms. The van der Waals surface area contributed by atoms with Crippen molar-refractivity contribution in [3.8, 4) is 5.75 Å². The van der Waals surface area contributed by atoms with Crippen LogP contribution in [0.15, 0.2) is 70.5 Å². The van der Waals surface area contributed by atoms with Gasteiger partial charge in [0.15, 0.2) is 0 Å². The van der Waals surface area contributed by atoms with Crippen LogP contribution in [0.25, 0.3) is 0 Å². The van der Waals surface area contributed by atoms with Gasteiger partial charge in [-0.15, -0.1) is 11.8 Å². The van der Waals surface area contributed by atoms with E-state index in [0.717, 1.165) is 25.9 Å². The quantitative estimate of drug-likeness (QED) is 0.338. The van der Waals surface area contributed by atoms with Crippen molar-refractivity contribution in [3.63, 3.8) is 0 Å². The Balaban J connectivity index is 1.97. The first kappa shape index (κ1) is 27.6. The number of amides is 1. The highest BCUT2D eigenvalue weighted by Gasteiger charge is 2.30. The zero-order chi connectivity index (χ0) is 26.5. The maximum atomic E-state index is 13.8. The van der Waals surface area contributed by atoms with Gasteiger partial charge in [-0.3, -0.25) is 9.10 Å². The molecule has 0 radical (unpaired) electrons. The fraction of sp³-hybridized carbons (Fsp3) is 0.321. The van der Waals surface area contributed by atoms with Gasteiger partial charge in [0.05, 0.1) is 23.2 Å². The first-order valence-electron chi connectivity index (χ1n) is 11.8. The molecule has 0 saturated carbocycles. The monoisotopic (exact) mass is 526 g/mol. The Labute approximate surface area is 219 Å². The molecule has 8 heteroatoms. The van der Waals surface area contributed by atoms with Crippen LogP contribution in [0.5, 0.6) is 5.75 Å². The molecule has 0 aliphatic heterocycles. The van der Waals surface area contributed by atoms with Crippen LogP contribution in [0.1, 0.15) is 42.1 Å². The van der Waals surface area contributed by atoms with Crippen molar-refractivity contribution in [1.82, 2.24) is 5.32 Å². The number of thioether (sulfide) groups is 1. The molecular weight excluding hydrogens is 492 g/mol. The molecule has 0 aliphatic carbocycles. The summed E-state index contributed by atoms with van der Waals surface area (Å²) in [6.45, 7) is 9.82. The Morgan fingerprint density at radius 3 is 2.28 bits per heavy atom. The van der Waals surface area contributed by atoms with Gasteiger partial charge in [-0.05, 0) is 99.5 Å². The number of anilines is 1. The number of para-hydroxylation sites is 2. The fourth-order valence-corrected chi connectivity index (χ4v) is 5.90. The van der Waals surface area contributed by atoms with E-state index in [9.17, 15) is 13.2 Å². The van der Waals surface area contributed by atoms with Crippen molar-refractivity contribution in [2.24, 2.45) is 0 Å². The molecule has 6 nitrogen and oxygen atoms in total. The smallest absolute Gasteiger partial charge is 0.264 e. The standard InChI is InChI=1S/C28H34N2O4S2/c1-7-34-27-11-9-8-10-26(27)30(36(32,33)24-14-12-23(35-6)13-15-24)18-28(31)29-22(5)25-17-20(3)19(2)16-21(25)4/h8-17,22H,7,18H2,1-6H3,(H,29,31). The Hall–Kier alpha value is -2.97. The van der Waals surface area contributed by atoms with Crippen molar-refractivity contribution < 1.29 is 17.9 Å². The van der Waals surface area contributed by atoms with E-state index in [2.05, 4.69) is 24.4 Å². The number of hydrogen-bond donors (Lipinski definition) is 1. The molecule has 0 saturated heterocycles. The predicted molar refractivity (Wildman–Crippen MR) is 148 cm³/mol. The van der Waals surface area contributed by atoms with E-state index in [4.69, 9.17) is 4.74 Å². The highest BCUT2D eigenvalue weighted by molar-refractivity contribution is 7.98. The molecule has 1 amide bonds. The van der Waals surface area contributed by atoms with E-state index in [-0.39, 0.29) is 17.5 Å². The van der Waals surface area contributed by atoms with Crippen LogP contribution in [0.2, 0.25) is 0 Å². The van der Waals surface area contributed by atoms with Crippen molar-refractivity contribution in [1.29, 1.82) is 0 Å². The van der Waals surface area contributed by atoms with Gasteiger partial charge in [-0.2, -0.15) is 0 Å². The zero-order valence-corrected chi connectivity index (χ0v) is 23.3. The number of rotatable bonds is 10. The molecule has 0 heterocycles. The third-order valence-electron chi connectivity index (χ3n) is 6.09. The molecule has 1 atom stereocenters. The summed E-state index contributed by atoms with van der Waals surface area (Å²) in [6, 6.07) is 17.4. The number of ether oxygens (including phenoxy) is 1.